The predicted molar refractivity (Wildman–Crippen MR) is 84.4 cm³/mol. The number of hydrogen-bond acceptors (Lipinski definition) is 4. The van der Waals surface area contributed by atoms with Crippen molar-refractivity contribution in [3.8, 4) is 0 Å². The topological polar surface area (TPSA) is 50.9 Å². The highest BCUT2D eigenvalue weighted by Crippen LogP contribution is 2.25. The molecule has 0 spiro atoms. The molecule has 3 nitrogen and oxygen atoms in total. The number of pyridine rings is 1. The fourth-order valence-electron chi connectivity index (χ4n) is 2.50. The van der Waals surface area contributed by atoms with Crippen molar-refractivity contribution in [3.63, 3.8) is 0 Å². The lowest BCUT2D eigenvalue weighted by atomic mass is 9.97. The van der Waals surface area contributed by atoms with Crippen LogP contribution >= 0.6 is 11.3 Å². The molecule has 4 heteroatoms. The Hall–Kier alpha value is -1.75. The van der Waals surface area contributed by atoms with Gasteiger partial charge in [0.1, 0.15) is 0 Å². The van der Waals surface area contributed by atoms with Gasteiger partial charge >= 0.3 is 0 Å². The zero-order chi connectivity index (χ0) is 13.8. The monoisotopic (exact) mass is 283 g/mol. The smallest absolute Gasteiger partial charge is 0.0705 e. The Morgan fingerprint density at radius 2 is 2.10 bits per heavy atom. The van der Waals surface area contributed by atoms with Crippen molar-refractivity contribution in [1.29, 1.82) is 0 Å². The van der Waals surface area contributed by atoms with Crippen molar-refractivity contribution >= 4 is 22.2 Å². The highest BCUT2D eigenvalue weighted by atomic mass is 32.1. The van der Waals surface area contributed by atoms with E-state index >= 15 is 0 Å². The van der Waals surface area contributed by atoms with E-state index in [9.17, 15) is 0 Å². The van der Waals surface area contributed by atoms with Crippen LogP contribution < -0.4 is 11.3 Å². The molecule has 0 aliphatic carbocycles. The molecule has 2 heterocycles. The molecule has 0 saturated carbocycles. The van der Waals surface area contributed by atoms with Gasteiger partial charge in [0.15, 0.2) is 0 Å². The van der Waals surface area contributed by atoms with Crippen molar-refractivity contribution in [2.24, 2.45) is 5.84 Å². The number of aromatic nitrogens is 1. The Labute approximate surface area is 122 Å². The van der Waals surface area contributed by atoms with Gasteiger partial charge in [-0.15, -0.1) is 0 Å². The number of para-hydroxylation sites is 1. The van der Waals surface area contributed by atoms with Crippen LogP contribution in [0, 0.1) is 0 Å². The quantitative estimate of drug-likeness (QED) is 0.557. The van der Waals surface area contributed by atoms with Crippen LogP contribution in [-0.2, 0) is 6.42 Å². The number of thiophene rings is 1. The number of benzene rings is 1. The minimum Gasteiger partial charge on any atom is -0.271 e. The summed E-state index contributed by atoms with van der Waals surface area (Å²) in [6.45, 7) is 0. The molecule has 0 radical (unpaired) electrons. The van der Waals surface area contributed by atoms with Gasteiger partial charge in [-0.3, -0.25) is 16.3 Å². The maximum absolute atomic E-state index is 5.77. The number of nitrogens with one attached hydrogen (secondary N) is 1. The number of rotatable bonds is 5. The third kappa shape index (κ3) is 2.72. The lowest BCUT2D eigenvalue weighted by Crippen LogP contribution is -2.28. The SMILES string of the molecule is NNC(CCc1ccsc1)c1ccnc2ccccc12. The van der Waals surface area contributed by atoms with E-state index in [1.165, 1.54) is 16.5 Å². The molecular weight excluding hydrogens is 266 g/mol. The summed E-state index contributed by atoms with van der Waals surface area (Å²) in [7, 11) is 0. The van der Waals surface area contributed by atoms with Gasteiger partial charge in [-0.25, -0.2) is 0 Å². The molecule has 0 fully saturated rings. The van der Waals surface area contributed by atoms with Gasteiger partial charge in [0.25, 0.3) is 0 Å². The summed E-state index contributed by atoms with van der Waals surface area (Å²) in [5.41, 5.74) is 6.55. The lowest BCUT2D eigenvalue weighted by Gasteiger charge is -2.17. The van der Waals surface area contributed by atoms with Crippen molar-refractivity contribution in [2.75, 3.05) is 0 Å². The summed E-state index contributed by atoms with van der Waals surface area (Å²) in [6, 6.07) is 12.6. The average molecular weight is 283 g/mol. The molecule has 0 aliphatic rings. The molecule has 0 saturated heterocycles. The summed E-state index contributed by atoms with van der Waals surface area (Å²) in [4.78, 5) is 4.40. The van der Waals surface area contributed by atoms with Crippen molar-refractivity contribution in [3.05, 3.63) is 64.5 Å². The normalized spacial score (nSPS) is 12.7. The molecule has 2 aromatic heterocycles. The van der Waals surface area contributed by atoms with Crippen LogP contribution in [0.3, 0.4) is 0 Å². The Kier molecular flexibility index (Phi) is 4.06. The number of hydrogen-bond donors (Lipinski definition) is 2. The zero-order valence-electron chi connectivity index (χ0n) is 11.1. The minimum absolute atomic E-state index is 0.141. The summed E-state index contributed by atoms with van der Waals surface area (Å²) in [5, 5.41) is 5.48. The summed E-state index contributed by atoms with van der Waals surface area (Å²) in [5.74, 6) is 5.77. The van der Waals surface area contributed by atoms with Gasteiger partial charge in [0, 0.05) is 17.6 Å². The van der Waals surface area contributed by atoms with E-state index in [0.29, 0.717) is 0 Å². The van der Waals surface area contributed by atoms with Crippen molar-refractivity contribution in [1.82, 2.24) is 10.4 Å². The number of nitrogens with zero attached hydrogens (tertiary/aromatic N) is 1. The molecular formula is C16H17N3S. The van der Waals surface area contributed by atoms with Crippen LogP contribution in [0.25, 0.3) is 10.9 Å². The van der Waals surface area contributed by atoms with E-state index in [-0.39, 0.29) is 6.04 Å². The third-order valence-electron chi connectivity index (χ3n) is 3.56. The summed E-state index contributed by atoms with van der Waals surface area (Å²) >= 11 is 1.74. The Morgan fingerprint density at radius 1 is 1.20 bits per heavy atom. The standard InChI is InChI=1S/C16H17N3S/c17-19-16(6-5-12-8-10-20-11-12)14-7-9-18-15-4-2-1-3-13(14)15/h1-4,7-11,16,19H,5-6,17H2. The van der Waals surface area contributed by atoms with Gasteiger partial charge < -0.3 is 0 Å². The highest BCUT2D eigenvalue weighted by molar-refractivity contribution is 7.07. The molecule has 0 amide bonds. The Balaban J connectivity index is 1.87. The van der Waals surface area contributed by atoms with E-state index in [0.717, 1.165) is 18.4 Å². The van der Waals surface area contributed by atoms with E-state index in [4.69, 9.17) is 5.84 Å². The van der Waals surface area contributed by atoms with Crippen LogP contribution in [0.2, 0.25) is 0 Å². The summed E-state index contributed by atoms with van der Waals surface area (Å²) < 4.78 is 0. The fourth-order valence-corrected chi connectivity index (χ4v) is 3.20. The van der Waals surface area contributed by atoms with E-state index in [1.54, 1.807) is 11.3 Å². The number of hydrazine groups is 1. The Morgan fingerprint density at radius 3 is 2.90 bits per heavy atom. The molecule has 1 unspecified atom stereocenters. The van der Waals surface area contributed by atoms with E-state index < -0.39 is 0 Å². The van der Waals surface area contributed by atoms with E-state index in [1.807, 2.05) is 24.4 Å². The Bertz CT molecular complexity index is 674. The van der Waals surface area contributed by atoms with Crippen LogP contribution in [0.1, 0.15) is 23.6 Å². The maximum Gasteiger partial charge on any atom is 0.0705 e. The van der Waals surface area contributed by atoms with Gasteiger partial charge in [0.05, 0.1) is 5.52 Å². The molecule has 20 heavy (non-hydrogen) atoms. The van der Waals surface area contributed by atoms with Gasteiger partial charge in [-0.1, -0.05) is 18.2 Å². The van der Waals surface area contributed by atoms with Crippen molar-refractivity contribution in [2.45, 2.75) is 18.9 Å². The molecule has 3 rings (SSSR count). The third-order valence-corrected chi connectivity index (χ3v) is 4.29. The van der Waals surface area contributed by atoms with Crippen molar-refractivity contribution < 1.29 is 0 Å². The molecule has 1 aromatic carbocycles. The predicted octanol–water partition coefficient (Wildman–Crippen LogP) is 3.43. The molecule has 102 valence electrons. The minimum atomic E-state index is 0.141. The average Bonchev–Trinajstić information content (AvgIpc) is 3.01. The summed E-state index contributed by atoms with van der Waals surface area (Å²) in [6.07, 6.45) is 3.85. The number of aryl methyl sites for hydroxylation is 1. The fraction of sp³-hybridized carbons (Fsp3) is 0.188. The van der Waals surface area contributed by atoms with Gasteiger partial charge in [-0.05, 0) is 52.9 Å². The maximum atomic E-state index is 5.77. The lowest BCUT2D eigenvalue weighted by molar-refractivity contribution is 0.519. The number of nitrogens with two attached hydrogens (primary N) is 1. The first kappa shape index (κ1) is 13.2. The van der Waals surface area contributed by atoms with Crippen LogP contribution in [0.5, 0.6) is 0 Å². The molecule has 0 bridgehead atoms. The highest BCUT2D eigenvalue weighted by Gasteiger charge is 2.13. The van der Waals surface area contributed by atoms with Crippen LogP contribution in [0.4, 0.5) is 0 Å². The first-order valence-electron chi connectivity index (χ1n) is 6.69. The number of fused-ring (bicyclic) bond motifs is 1. The molecule has 1 atom stereocenters. The van der Waals surface area contributed by atoms with Crippen LogP contribution in [-0.4, -0.2) is 4.98 Å². The second kappa shape index (κ2) is 6.13. The second-order valence-electron chi connectivity index (χ2n) is 4.81. The van der Waals surface area contributed by atoms with Crippen LogP contribution in [0.15, 0.2) is 53.4 Å². The van der Waals surface area contributed by atoms with Gasteiger partial charge in [-0.2, -0.15) is 11.3 Å². The van der Waals surface area contributed by atoms with E-state index in [2.05, 4.69) is 39.4 Å². The second-order valence-corrected chi connectivity index (χ2v) is 5.59. The first-order valence-corrected chi connectivity index (χ1v) is 7.63. The largest absolute Gasteiger partial charge is 0.271 e. The first-order chi connectivity index (χ1) is 9.88. The van der Waals surface area contributed by atoms with Gasteiger partial charge in [0.2, 0.25) is 0 Å². The molecule has 0 aliphatic heterocycles. The zero-order valence-corrected chi connectivity index (χ0v) is 11.9. The molecule has 3 aromatic rings. The molecule has 3 N–H and O–H groups in total.